The Balaban J connectivity index is 4.93. The van der Waals surface area contributed by atoms with Gasteiger partial charge in [-0.2, -0.15) is 0 Å². The molecule has 3 atom stereocenters. The van der Waals surface area contributed by atoms with Crippen molar-refractivity contribution in [3.05, 3.63) is 12.3 Å². The van der Waals surface area contributed by atoms with E-state index in [0.29, 0.717) is 19.8 Å². The van der Waals surface area contributed by atoms with E-state index in [2.05, 4.69) is 6.58 Å². The Labute approximate surface area is 148 Å². The molecule has 3 unspecified atom stereocenters. The first-order chi connectivity index (χ1) is 11.5. The monoisotopic (exact) mass is 364 g/mol. The fraction of sp³-hybridized carbons (Fsp3) is 0.882. The second kappa shape index (κ2) is 13.9. The molecule has 24 heavy (non-hydrogen) atoms. The predicted octanol–water partition coefficient (Wildman–Crippen LogP) is 2.98. The molecule has 0 aliphatic carbocycles. The molecule has 6 nitrogen and oxygen atoms in total. The van der Waals surface area contributed by atoms with E-state index in [9.17, 15) is 0 Å². The van der Waals surface area contributed by atoms with Crippen LogP contribution in [0.1, 0.15) is 40.0 Å². The van der Waals surface area contributed by atoms with Crippen LogP contribution in [0.3, 0.4) is 0 Å². The summed E-state index contributed by atoms with van der Waals surface area (Å²) in [6, 6.07) is 0. The van der Waals surface area contributed by atoms with Crippen LogP contribution in [0, 0.1) is 0 Å². The van der Waals surface area contributed by atoms with Gasteiger partial charge in [0.05, 0.1) is 38.1 Å². The molecule has 0 aromatic heterocycles. The first-order valence-electron chi connectivity index (χ1n) is 8.68. The van der Waals surface area contributed by atoms with Crippen LogP contribution >= 0.6 is 0 Å². The van der Waals surface area contributed by atoms with Crippen molar-refractivity contribution in [2.45, 2.75) is 58.3 Å². The van der Waals surface area contributed by atoms with Gasteiger partial charge in [-0.05, 0) is 25.0 Å². The van der Waals surface area contributed by atoms with Crippen molar-refractivity contribution in [2.75, 3.05) is 41.2 Å². The first kappa shape index (κ1) is 23.7. The van der Waals surface area contributed by atoms with Crippen LogP contribution in [0.2, 0.25) is 0 Å². The van der Waals surface area contributed by atoms with Crippen LogP contribution in [-0.2, 0) is 27.5 Å². The molecule has 0 aliphatic heterocycles. The molecule has 0 heterocycles. The molecule has 0 rings (SSSR count). The van der Waals surface area contributed by atoms with Crippen molar-refractivity contribution in [3.63, 3.8) is 0 Å². The van der Waals surface area contributed by atoms with E-state index in [1.165, 1.54) is 0 Å². The fourth-order valence-electron chi connectivity index (χ4n) is 1.99. The van der Waals surface area contributed by atoms with Crippen molar-refractivity contribution >= 4 is 8.80 Å². The molecule has 0 saturated heterocycles. The van der Waals surface area contributed by atoms with E-state index in [1.807, 2.05) is 20.8 Å². The van der Waals surface area contributed by atoms with E-state index in [1.54, 1.807) is 27.0 Å². The first-order valence-corrected chi connectivity index (χ1v) is 10.5. The maximum atomic E-state index is 6.04. The third-order valence-corrected chi connectivity index (χ3v) is 6.23. The molecular formula is C17H36O6Si. The molecular weight excluding hydrogens is 328 g/mol. The summed E-state index contributed by atoms with van der Waals surface area (Å²) in [6.07, 6.45) is 2.55. The summed E-state index contributed by atoms with van der Waals surface area (Å²) in [6.45, 7) is 11.2. The summed E-state index contributed by atoms with van der Waals surface area (Å²) in [5.41, 5.74) is 1.67. The van der Waals surface area contributed by atoms with Crippen molar-refractivity contribution in [1.29, 1.82) is 0 Å². The zero-order valence-corrected chi connectivity index (χ0v) is 17.2. The van der Waals surface area contributed by atoms with Crippen LogP contribution in [0.5, 0.6) is 0 Å². The topological polar surface area (TPSA) is 55.4 Å². The minimum Gasteiger partial charge on any atom is -0.379 e. The van der Waals surface area contributed by atoms with Crippen LogP contribution < -0.4 is 0 Å². The number of hydrogen-bond donors (Lipinski definition) is 0. The lowest BCUT2D eigenvalue weighted by Crippen LogP contribution is -2.49. The molecule has 0 spiro atoms. The van der Waals surface area contributed by atoms with Gasteiger partial charge in [-0.3, -0.25) is 0 Å². The van der Waals surface area contributed by atoms with Gasteiger partial charge in [-0.1, -0.05) is 27.4 Å². The third-order valence-electron chi connectivity index (χ3n) is 4.03. The molecule has 144 valence electrons. The summed E-state index contributed by atoms with van der Waals surface area (Å²) in [7, 11) is 1.99. The van der Waals surface area contributed by atoms with Gasteiger partial charge >= 0.3 is 8.80 Å². The van der Waals surface area contributed by atoms with Crippen molar-refractivity contribution in [1.82, 2.24) is 0 Å². The van der Waals surface area contributed by atoms with Gasteiger partial charge in [0.1, 0.15) is 0 Å². The van der Waals surface area contributed by atoms with Crippen molar-refractivity contribution in [2.24, 2.45) is 0 Å². The SMILES string of the molecule is C=C[Si](OCC(CC)OC)(OCC(CC)OC)OCC(CC)OC. The van der Waals surface area contributed by atoms with Crippen LogP contribution in [0.4, 0.5) is 0 Å². The maximum Gasteiger partial charge on any atom is 0.529 e. The Bertz CT molecular complexity index is 263. The highest BCUT2D eigenvalue weighted by Gasteiger charge is 2.40. The molecule has 0 N–H and O–H groups in total. The average Bonchev–Trinajstić information content (AvgIpc) is 2.63. The number of methoxy groups -OCH3 is 3. The summed E-state index contributed by atoms with van der Waals surface area (Å²) >= 11 is 0. The lowest BCUT2D eigenvalue weighted by atomic mass is 10.3. The lowest BCUT2D eigenvalue weighted by molar-refractivity contribution is -0.0300. The minimum absolute atomic E-state index is 0.00202. The average molecular weight is 365 g/mol. The fourth-order valence-corrected chi connectivity index (χ4v) is 3.84. The molecule has 0 amide bonds. The highest BCUT2D eigenvalue weighted by atomic mass is 28.4. The van der Waals surface area contributed by atoms with E-state index < -0.39 is 8.80 Å². The number of ether oxygens (including phenoxy) is 3. The van der Waals surface area contributed by atoms with Crippen LogP contribution in [0.25, 0.3) is 0 Å². The van der Waals surface area contributed by atoms with E-state index in [4.69, 9.17) is 27.5 Å². The Kier molecular flexibility index (Phi) is 13.8. The smallest absolute Gasteiger partial charge is 0.379 e. The molecule has 0 bridgehead atoms. The predicted molar refractivity (Wildman–Crippen MR) is 97.1 cm³/mol. The number of hydrogen-bond acceptors (Lipinski definition) is 6. The zero-order chi connectivity index (χ0) is 18.4. The van der Waals surface area contributed by atoms with Crippen molar-refractivity contribution in [3.8, 4) is 0 Å². The van der Waals surface area contributed by atoms with Gasteiger partial charge in [0.15, 0.2) is 0 Å². The lowest BCUT2D eigenvalue weighted by Gasteiger charge is -2.30. The summed E-state index contributed by atoms with van der Waals surface area (Å²) in [5.74, 6) is 0. The Morgan fingerprint density at radius 2 is 1.00 bits per heavy atom. The quantitative estimate of drug-likeness (QED) is 0.393. The molecule has 0 aromatic carbocycles. The normalized spacial score (nSPS) is 17.9. The van der Waals surface area contributed by atoms with Gasteiger partial charge in [0, 0.05) is 21.3 Å². The maximum absolute atomic E-state index is 6.04. The van der Waals surface area contributed by atoms with E-state index in [0.717, 1.165) is 19.3 Å². The summed E-state index contributed by atoms with van der Waals surface area (Å²) in [5, 5.41) is 0. The molecule has 7 heteroatoms. The molecule has 0 radical (unpaired) electrons. The van der Waals surface area contributed by atoms with E-state index in [-0.39, 0.29) is 18.3 Å². The second-order valence-corrected chi connectivity index (χ2v) is 8.02. The molecule has 0 fully saturated rings. The van der Waals surface area contributed by atoms with Gasteiger partial charge in [0.25, 0.3) is 0 Å². The highest BCUT2D eigenvalue weighted by Crippen LogP contribution is 2.16. The van der Waals surface area contributed by atoms with Gasteiger partial charge < -0.3 is 27.5 Å². The minimum atomic E-state index is -3.03. The second-order valence-electron chi connectivity index (χ2n) is 5.54. The summed E-state index contributed by atoms with van der Waals surface area (Å²) < 4.78 is 34.3. The zero-order valence-electron chi connectivity index (χ0n) is 16.2. The number of rotatable bonds is 16. The molecule has 0 saturated carbocycles. The Hall–Kier alpha value is -0.283. The van der Waals surface area contributed by atoms with Crippen LogP contribution in [-0.4, -0.2) is 68.3 Å². The van der Waals surface area contributed by atoms with Crippen molar-refractivity contribution < 1.29 is 27.5 Å². The largest absolute Gasteiger partial charge is 0.529 e. The third kappa shape index (κ3) is 8.71. The summed E-state index contributed by atoms with van der Waals surface area (Å²) in [4.78, 5) is 0. The molecule has 0 aliphatic rings. The molecule has 0 aromatic rings. The van der Waals surface area contributed by atoms with Gasteiger partial charge in [0.2, 0.25) is 0 Å². The highest BCUT2D eigenvalue weighted by molar-refractivity contribution is 6.66. The van der Waals surface area contributed by atoms with Gasteiger partial charge in [-0.15, -0.1) is 0 Å². The van der Waals surface area contributed by atoms with Crippen LogP contribution in [0.15, 0.2) is 12.3 Å². The standard InChI is InChI=1S/C17H36O6Si/c1-8-15(18-5)12-21-24(11-4,22-13-16(9-2)19-6)23-14-17(10-3)20-7/h11,15-17H,4,8-10,12-14H2,1-3,5-7H3. The van der Waals surface area contributed by atoms with Gasteiger partial charge in [-0.25, -0.2) is 0 Å². The Morgan fingerprint density at radius 1 is 0.708 bits per heavy atom. The Morgan fingerprint density at radius 3 is 1.17 bits per heavy atom. The van der Waals surface area contributed by atoms with E-state index >= 15 is 0 Å².